The van der Waals surface area contributed by atoms with Crippen LogP contribution in [0.5, 0.6) is 0 Å². The summed E-state index contributed by atoms with van der Waals surface area (Å²) in [6.07, 6.45) is 1.45. The minimum Gasteiger partial charge on any atom is -0.404 e. The molecule has 1 aromatic heterocycles. The molecule has 2 rings (SSSR count). The molecular weight excluding hydrogens is 342 g/mol. The number of rotatable bonds is 7. The third-order valence-electron chi connectivity index (χ3n) is 4.11. The summed E-state index contributed by atoms with van der Waals surface area (Å²) in [5.41, 5.74) is 9.00. The van der Waals surface area contributed by atoms with Gasteiger partial charge in [-0.15, -0.1) is 0 Å². The number of fused-ring (bicyclic) bond motifs is 1. The topological polar surface area (TPSA) is 113 Å². The Morgan fingerprint density at radius 2 is 2.26 bits per heavy atom. The van der Waals surface area contributed by atoms with Crippen molar-refractivity contribution < 1.29 is 9.53 Å². The highest BCUT2D eigenvalue weighted by Crippen LogP contribution is 2.27. The van der Waals surface area contributed by atoms with Crippen LogP contribution < -0.4 is 11.1 Å². The van der Waals surface area contributed by atoms with Gasteiger partial charge in [0.1, 0.15) is 11.8 Å². The molecule has 7 heteroatoms. The van der Waals surface area contributed by atoms with Crippen molar-refractivity contribution in [2.75, 3.05) is 26.8 Å². The smallest absolute Gasteiger partial charge is 0.270 e. The number of nitrogens with two attached hydrogens (primary N) is 1. The molecule has 1 aromatic carbocycles. The molecule has 0 aliphatic rings. The lowest BCUT2D eigenvalue weighted by atomic mass is 9.96. The van der Waals surface area contributed by atoms with E-state index in [0.29, 0.717) is 42.0 Å². The number of nitrogens with zero attached hydrogens (tertiary/aromatic N) is 3. The van der Waals surface area contributed by atoms with Gasteiger partial charge >= 0.3 is 0 Å². The molecule has 0 atom stereocenters. The molecule has 1 amide bonds. The third-order valence-corrected chi connectivity index (χ3v) is 4.11. The molecule has 0 fully saturated rings. The number of allylic oxidation sites excluding steroid dienone is 1. The van der Waals surface area contributed by atoms with E-state index in [1.54, 1.807) is 25.2 Å². The average Bonchev–Trinajstić information content (AvgIpc) is 2.70. The Balaban J connectivity index is 2.60. The molecular formula is C20H23N5O2. The van der Waals surface area contributed by atoms with E-state index in [2.05, 4.69) is 21.4 Å². The largest absolute Gasteiger partial charge is 0.404 e. The number of carbonyl (C=O) groups excluding carboxylic acids is 1. The lowest BCUT2D eigenvalue weighted by Crippen LogP contribution is -2.28. The Morgan fingerprint density at radius 1 is 1.48 bits per heavy atom. The number of pyridine rings is 1. The minimum absolute atomic E-state index is 0.208. The van der Waals surface area contributed by atoms with Gasteiger partial charge in [-0.05, 0) is 31.5 Å². The molecule has 7 nitrogen and oxygen atoms in total. The lowest BCUT2D eigenvalue weighted by Gasteiger charge is -2.13. The zero-order valence-electron chi connectivity index (χ0n) is 15.7. The van der Waals surface area contributed by atoms with Crippen LogP contribution in [0.15, 0.2) is 35.5 Å². The van der Waals surface area contributed by atoms with Crippen molar-refractivity contribution >= 4 is 28.1 Å². The molecule has 3 N–H and O–H groups in total. The maximum Gasteiger partial charge on any atom is 0.270 e. The zero-order valence-corrected chi connectivity index (χ0v) is 15.7. The molecule has 0 saturated carbocycles. The first kappa shape index (κ1) is 20.1. The number of ether oxygens (including phenoxy) is 1. The predicted molar refractivity (Wildman–Crippen MR) is 106 cm³/mol. The fourth-order valence-electron chi connectivity index (χ4n) is 2.68. The lowest BCUT2D eigenvalue weighted by molar-refractivity contribution is 0.0918. The number of aromatic nitrogens is 1. The van der Waals surface area contributed by atoms with Gasteiger partial charge in [0.2, 0.25) is 0 Å². The molecule has 0 aliphatic heterocycles. The van der Waals surface area contributed by atoms with E-state index in [1.165, 1.54) is 6.20 Å². The van der Waals surface area contributed by atoms with Gasteiger partial charge in [-0.2, -0.15) is 5.26 Å². The van der Waals surface area contributed by atoms with Crippen LogP contribution in [-0.2, 0) is 4.74 Å². The highest BCUT2D eigenvalue weighted by Gasteiger charge is 2.17. The second-order valence-corrected chi connectivity index (χ2v) is 5.71. The fraction of sp³-hybridized carbons (Fsp3) is 0.300. The quantitative estimate of drug-likeness (QED) is 0.577. The number of benzene rings is 1. The molecule has 0 aliphatic carbocycles. The summed E-state index contributed by atoms with van der Waals surface area (Å²) in [6.45, 7) is 5.10. The van der Waals surface area contributed by atoms with Crippen LogP contribution in [-0.4, -0.2) is 43.4 Å². The van der Waals surface area contributed by atoms with Crippen LogP contribution >= 0.6 is 0 Å². The van der Waals surface area contributed by atoms with Crippen molar-refractivity contribution in [1.82, 2.24) is 10.3 Å². The molecule has 0 spiro atoms. The average molecular weight is 365 g/mol. The maximum atomic E-state index is 12.6. The van der Waals surface area contributed by atoms with Crippen molar-refractivity contribution in [1.29, 1.82) is 5.26 Å². The molecule has 1 heterocycles. The minimum atomic E-state index is -0.340. The van der Waals surface area contributed by atoms with Gasteiger partial charge in [0.15, 0.2) is 0 Å². The molecule has 0 saturated heterocycles. The summed E-state index contributed by atoms with van der Waals surface area (Å²) in [4.78, 5) is 21.2. The van der Waals surface area contributed by atoms with E-state index < -0.39 is 0 Å². The number of aliphatic imine (C=N–C) groups is 1. The van der Waals surface area contributed by atoms with E-state index in [9.17, 15) is 10.1 Å². The van der Waals surface area contributed by atoms with Crippen LogP contribution in [0, 0.1) is 11.3 Å². The first-order chi connectivity index (χ1) is 13.1. The number of amides is 1. The number of hydrogen-bond acceptors (Lipinski definition) is 6. The second kappa shape index (κ2) is 9.46. The molecule has 27 heavy (non-hydrogen) atoms. The van der Waals surface area contributed by atoms with Gasteiger partial charge < -0.3 is 15.8 Å². The SMILES string of the molecule is CCOCCNC(=O)c1cc(/C(=C/N)C(C)=NC)c2cccc(C#N)c2n1. The molecule has 0 radical (unpaired) electrons. The maximum absolute atomic E-state index is 12.6. The Bertz CT molecular complexity index is 941. The Morgan fingerprint density at radius 3 is 2.89 bits per heavy atom. The van der Waals surface area contributed by atoms with E-state index >= 15 is 0 Å². The summed E-state index contributed by atoms with van der Waals surface area (Å²) < 4.78 is 5.23. The van der Waals surface area contributed by atoms with Gasteiger partial charge in [-0.25, -0.2) is 4.98 Å². The summed E-state index contributed by atoms with van der Waals surface area (Å²) >= 11 is 0. The molecule has 140 valence electrons. The van der Waals surface area contributed by atoms with Crippen molar-refractivity contribution in [3.8, 4) is 6.07 Å². The molecule has 2 aromatic rings. The highest BCUT2D eigenvalue weighted by atomic mass is 16.5. The molecule has 0 unspecified atom stereocenters. The van der Waals surface area contributed by atoms with Crippen LogP contribution in [0.4, 0.5) is 0 Å². The van der Waals surface area contributed by atoms with Gasteiger partial charge in [0.05, 0.1) is 17.7 Å². The van der Waals surface area contributed by atoms with E-state index in [0.717, 1.165) is 11.1 Å². The number of para-hydroxylation sites is 1. The number of nitrogens with one attached hydrogen (secondary N) is 1. The Hall–Kier alpha value is -3.24. The van der Waals surface area contributed by atoms with Crippen LogP contribution in [0.25, 0.3) is 16.5 Å². The molecule has 0 bridgehead atoms. The summed E-state index contributed by atoms with van der Waals surface area (Å²) in [7, 11) is 1.67. The van der Waals surface area contributed by atoms with Crippen molar-refractivity contribution in [3.63, 3.8) is 0 Å². The summed E-state index contributed by atoms with van der Waals surface area (Å²) in [6, 6.07) is 9.10. The van der Waals surface area contributed by atoms with Crippen LogP contribution in [0.2, 0.25) is 0 Å². The number of carbonyl (C=O) groups is 1. The first-order valence-electron chi connectivity index (χ1n) is 8.63. The monoisotopic (exact) mass is 365 g/mol. The van der Waals surface area contributed by atoms with Crippen LogP contribution in [0.3, 0.4) is 0 Å². The zero-order chi connectivity index (χ0) is 19.8. The summed E-state index contributed by atoms with van der Waals surface area (Å²) in [5.74, 6) is -0.340. The Kier molecular flexibility index (Phi) is 7.03. The van der Waals surface area contributed by atoms with Gasteiger partial charge in [0.25, 0.3) is 5.91 Å². The number of hydrogen-bond donors (Lipinski definition) is 2. The summed E-state index contributed by atoms with van der Waals surface area (Å²) in [5, 5.41) is 12.9. The van der Waals surface area contributed by atoms with Gasteiger partial charge in [0, 0.05) is 43.1 Å². The normalized spacial score (nSPS) is 12.1. The van der Waals surface area contributed by atoms with Crippen LogP contribution in [0.1, 0.15) is 35.5 Å². The predicted octanol–water partition coefficient (Wildman–Crippen LogP) is 2.26. The van der Waals surface area contributed by atoms with Crippen molar-refractivity contribution in [2.45, 2.75) is 13.8 Å². The standard InChI is InChI=1S/C20H23N5O2/c1-4-27-9-8-24-20(26)18-10-16(17(12-22)13(2)23-3)15-7-5-6-14(11-21)19(15)25-18/h5-7,10,12H,4,8-9,22H2,1-3H3,(H,24,26)/b17-12+,23-13?. The fourth-order valence-corrected chi connectivity index (χ4v) is 2.68. The van der Waals surface area contributed by atoms with E-state index in [1.807, 2.05) is 19.9 Å². The second-order valence-electron chi connectivity index (χ2n) is 5.71. The van der Waals surface area contributed by atoms with Crippen molar-refractivity contribution in [2.24, 2.45) is 10.7 Å². The van der Waals surface area contributed by atoms with Gasteiger partial charge in [-0.3, -0.25) is 9.79 Å². The number of nitriles is 1. The third kappa shape index (κ3) is 4.49. The van der Waals surface area contributed by atoms with Gasteiger partial charge in [-0.1, -0.05) is 12.1 Å². The van der Waals surface area contributed by atoms with E-state index in [4.69, 9.17) is 10.5 Å². The Labute approximate surface area is 158 Å². The van der Waals surface area contributed by atoms with E-state index in [-0.39, 0.29) is 11.6 Å². The highest BCUT2D eigenvalue weighted by molar-refractivity contribution is 6.25. The van der Waals surface area contributed by atoms with Crippen molar-refractivity contribution in [3.05, 3.63) is 47.3 Å². The first-order valence-corrected chi connectivity index (χ1v) is 8.63.